The van der Waals surface area contributed by atoms with Gasteiger partial charge >= 0.3 is 0 Å². The summed E-state index contributed by atoms with van der Waals surface area (Å²) < 4.78 is 2.24. The fourth-order valence-electron chi connectivity index (χ4n) is 7.63. The van der Waals surface area contributed by atoms with Gasteiger partial charge in [0, 0.05) is 17.1 Å². The molecule has 2 amide bonds. The topological polar surface area (TPSA) is 42.3 Å². The highest BCUT2D eigenvalue weighted by Gasteiger charge is 2.51. The molecule has 174 valence electrons. The number of carbonyl (C=O) groups excluding carboxylic acids is 2. The lowest BCUT2D eigenvalue weighted by molar-refractivity contribution is -0.122. The van der Waals surface area contributed by atoms with Crippen molar-refractivity contribution in [3.8, 4) is 18.0 Å². The summed E-state index contributed by atoms with van der Waals surface area (Å²) in [5.74, 6) is 4.90. The smallest absolute Gasteiger partial charge is 0.294 e. The first kappa shape index (κ1) is 21.8. The molecule has 4 nitrogen and oxygen atoms in total. The third-order valence-corrected chi connectivity index (χ3v) is 9.56. The maximum atomic E-state index is 12.6. The van der Waals surface area contributed by atoms with E-state index in [4.69, 9.17) is 6.42 Å². The number of aryl methyl sites for hydroxylation is 1. The van der Waals surface area contributed by atoms with E-state index in [2.05, 4.69) is 54.7 Å². The Labute approximate surface area is 205 Å². The van der Waals surface area contributed by atoms with E-state index in [-0.39, 0.29) is 17.7 Å². The normalized spacial score (nSPS) is 31.0. The minimum atomic E-state index is -0.308. The van der Waals surface area contributed by atoms with Crippen molar-refractivity contribution < 1.29 is 9.59 Å². The lowest BCUT2D eigenvalue weighted by atomic mass is 9.48. The lowest BCUT2D eigenvalue weighted by Crippen LogP contribution is -2.48. The van der Waals surface area contributed by atoms with Gasteiger partial charge in [-0.05, 0) is 123 Å². The number of aromatic nitrogens is 1. The van der Waals surface area contributed by atoms with Crippen LogP contribution in [0.1, 0.15) is 61.0 Å². The Morgan fingerprint density at radius 3 is 2.26 bits per heavy atom. The number of carbonyl (C=O) groups is 2. The third-order valence-electron chi connectivity index (χ3n) is 8.66. The maximum Gasteiger partial charge on any atom is 0.294 e. The van der Waals surface area contributed by atoms with Crippen LogP contribution in [0, 0.1) is 43.9 Å². The average molecular weight is 471 g/mol. The minimum absolute atomic E-state index is 0.0110. The Balaban J connectivity index is 1.29. The van der Waals surface area contributed by atoms with Crippen LogP contribution in [0.4, 0.5) is 4.79 Å². The predicted octanol–water partition coefficient (Wildman–Crippen LogP) is 6.23. The number of amides is 2. The summed E-state index contributed by atoms with van der Waals surface area (Å²) in [7, 11) is 0. The van der Waals surface area contributed by atoms with Gasteiger partial charge in [-0.2, -0.15) is 0 Å². The molecule has 0 radical (unpaired) electrons. The molecule has 7 rings (SSSR count). The lowest BCUT2D eigenvalue weighted by Gasteiger charge is -2.57. The van der Waals surface area contributed by atoms with Gasteiger partial charge in [-0.25, -0.2) is 0 Å². The third kappa shape index (κ3) is 3.38. The fraction of sp³-hybridized carbons (Fsp3) is 0.448. The molecule has 1 aromatic heterocycles. The molecule has 5 aliphatic rings. The standard InChI is InChI=1S/C29H30N2O2S/c1-4-9-30-27(32)26(34-28(30)33)14-23-10-18(2)31(19(23)3)25-7-5-24(6-8-25)29-15-20-11-21(16-29)13-22(12-20)17-29/h1,5-8,10,14,20-22H,9,11-13,15-17H2,2-3H3/b26-14+. The summed E-state index contributed by atoms with van der Waals surface area (Å²) in [6.07, 6.45) is 15.6. The van der Waals surface area contributed by atoms with Crippen LogP contribution in [-0.4, -0.2) is 27.2 Å². The van der Waals surface area contributed by atoms with Crippen LogP contribution in [0.5, 0.6) is 0 Å². The van der Waals surface area contributed by atoms with Gasteiger partial charge in [-0.15, -0.1) is 6.42 Å². The van der Waals surface area contributed by atoms with Crippen molar-refractivity contribution in [1.82, 2.24) is 9.47 Å². The highest BCUT2D eigenvalue weighted by atomic mass is 32.2. The number of nitrogens with zero attached hydrogens (tertiary/aromatic N) is 2. The van der Waals surface area contributed by atoms with Crippen LogP contribution in [0.25, 0.3) is 11.8 Å². The summed E-state index contributed by atoms with van der Waals surface area (Å²) in [6, 6.07) is 11.3. The van der Waals surface area contributed by atoms with Gasteiger partial charge in [0.15, 0.2) is 0 Å². The van der Waals surface area contributed by atoms with Gasteiger partial charge in [0.25, 0.3) is 11.1 Å². The van der Waals surface area contributed by atoms with Crippen molar-refractivity contribution in [2.45, 2.75) is 57.8 Å². The molecule has 5 heteroatoms. The van der Waals surface area contributed by atoms with Gasteiger partial charge in [0.05, 0.1) is 11.4 Å². The van der Waals surface area contributed by atoms with Crippen LogP contribution in [0.2, 0.25) is 0 Å². The number of hydrogen-bond acceptors (Lipinski definition) is 3. The van der Waals surface area contributed by atoms with Crippen molar-refractivity contribution in [3.63, 3.8) is 0 Å². The molecule has 4 saturated carbocycles. The largest absolute Gasteiger partial charge is 0.318 e. The molecular formula is C29H30N2O2S. The Kier molecular flexibility index (Phi) is 5.08. The molecule has 4 aliphatic carbocycles. The molecule has 34 heavy (non-hydrogen) atoms. The molecule has 4 bridgehead atoms. The van der Waals surface area contributed by atoms with E-state index in [0.29, 0.717) is 10.3 Å². The molecular weight excluding hydrogens is 440 g/mol. The summed E-state index contributed by atoms with van der Waals surface area (Å²) in [5, 5.41) is -0.303. The number of rotatable bonds is 4. The highest BCUT2D eigenvalue weighted by Crippen LogP contribution is 2.60. The van der Waals surface area contributed by atoms with Gasteiger partial charge in [-0.1, -0.05) is 18.1 Å². The monoisotopic (exact) mass is 470 g/mol. The molecule has 0 atom stereocenters. The molecule has 2 heterocycles. The van der Waals surface area contributed by atoms with Crippen LogP contribution in [-0.2, 0) is 10.2 Å². The second kappa shape index (κ2) is 7.92. The van der Waals surface area contributed by atoms with Gasteiger partial charge < -0.3 is 4.57 Å². The molecule has 5 fully saturated rings. The summed E-state index contributed by atoms with van der Waals surface area (Å²) in [5.41, 5.74) is 6.19. The molecule has 1 saturated heterocycles. The minimum Gasteiger partial charge on any atom is -0.318 e. The van der Waals surface area contributed by atoms with Gasteiger partial charge in [0.2, 0.25) is 0 Å². The van der Waals surface area contributed by atoms with E-state index in [1.54, 1.807) is 0 Å². The van der Waals surface area contributed by atoms with Crippen LogP contribution >= 0.6 is 11.8 Å². The van der Waals surface area contributed by atoms with Gasteiger partial charge in [0.1, 0.15) is 0 Å². The van der Waals surface area contributed by atoms with E-state index >= 15 is 0 Å². The maximum absolute atomic E-state index is 12.6. The molecule has 1 aromatic carbocycles. The number of hydrogen-bond donors (Lipinski definition) is 0. The zero-order chi connectivity index (χ0) is 23.6. The summed E-state index contributed by atoms with van der Waals surface area (Å²) in [4.78, 5) is 26.3. The fourth-order valence-corrected chi connectivity index (χ4v) is 8.46. The van der Waals surface area contributed by atoms with E-state index < -0.39 is 0 Å². The molecule has 0 unspecified atom stereocenters. The zero-order valence-corrected chi connectivity index (χ0v) is 20.7. The Hall–Kier alpha value is -2.71. The number of thioether (sulfide) groups is 1. The first-order valence-corrected chi connectivity index (χ1v) is 13.2. The highest BCUT2D eigenvalue weighted by molar-refractivity contribution is 8.18. The van der Waals surface area contributed by atoms with E-state index in [0.717, 1.165) is 57.1 Å². The van der Waals surface area contributed by atoms with Crippen LogP contribution in [0.3, 0.4) is 0 Å². The quantitative estimate of drug-likeness (QED) is 0.393. The zero-order valence-electron chi connectivity index (χ0n) is 19.8. The molecule has 0 spiro atoms. The first-order valence-electron chi connectivity index (χ1n) is 12.4. The predicted molar refractivity (Wildman–Crippen MR) is 137 cm³/mol. The molecule has 1 aliphatic heterocycles. The van der Waals surface area contributed by atoms with Crippen LogP contribution < -0.4 is 0 Å². The van der Waals surface area contributed by atoms with Crippen molar-refractivity contribution in [3.05, 3.63) is 57.8 Å². The first-order chi connectivity index (χ1) is 16.4. The van der Waals surface area contributed by atoms with Crippen molar-refractivity contribution in [2.75, 3.05) is 6.54 Å². The van der Waals surface area contributed by atoms with Gasteiger partial charge in [-0.3, -0.25) is 14.5 Å². The van der Waals surface area contributed by atoms with E-state index in [1.165, 1.54) is 44.1 Å². The molecule has 2 aromatic rings. The second-order valence-corrected chi connectivity index (χ2v) is 11.9. The Bertz CT molecular complexity index is 1220. The average Bonchev–Trinajstić information content (AvgIpc) is 3.22. The van der Waals surface area contributed by atoms with Crippen molar-refractivity contribution >= 4 is 29.0 Å². The Morgan fingerprint density at radius 1 is 1.06 bits per heavy atom. The van der Waals surface area contributed by atoms with E-state index in [9.17, 15) is 9.59 Å². The second-order valence-electron chi connectivity index (χ2n) is 10.9. The number of terminal acetylenes is 1. The van der Waals surface area contributed by atoms with E-state index in [1.807, 2.05) is 6.08 Å². The van der Waals surface area contributed by atoms with Crippen LogP contribution in [0.15, 0.2) is 35.2 Å². The number of imide groups is 1. The molecule has 0 N–H and O–H groups in total. The van der Waals surface area contributed by atoms with Crippen molar-refractivity contribution in [1.29, 1.82) is 0 Å². The summed E-state index contributed by atoms with van der Waals surface area (Å²) in [6.45, 7) is 4.16. The van der Waals surface area contributed by atoms with Crippen molar-refractivity contribution in [2.24, 2.45) is 17.8 Å². The SMILES string of the molecule is C#CCN1C(=O)S/C(=C/c2cc(C)n(-c3ccc(C45CC6CC(CC(C6)C4)C5)cc3)c2C)C1=O. The number of benzene rings is 1. The summed E-state index contributed by atoms with van der Waals surface area (Å²) >= 11 is 0.959. The Morgan fingerprint density at radius 2 is 1.68 bits per heavy atom.